The average molecular weight is 353 g/mol. The van der Waals surface area contributed by atoms with E-state index < -0.39 is 17.2 Å². The quantitative estimate of drug-likeness (QED) is 0.681. The summed E-state index contributed by atoms with van der Waals surface area (Å²) in [5.41, 5.74) is 6.56. The van der Waals surface area contributed by atoms with E-state index in [-0.39, 0.29) is 30.0 Å². The van der Waals surface area contributed by atoms with Crippen LogP contribution >= 0.6 is 0 Å². The van der Waals surface area contributed by atoms with Gasteiger partial charge in [0.1, 0.15) is 17.5 Å². The molecule has 2 heterocycles. The summed E-state index contributed by atoms with van der Waals surface area (Å²) >= 11 is 0. The molecule has 0 bridgehead atoms. The zero-order valence-corrected chi connectivity index (χ0v) is 14.4. The van der Waals surface area contributed by atoms with Gasteiger partial charge < -0.3 is 5.73 Å². The molecular weight excluding hydrogens is 336 g/mol. The lowest BCUT2D eigenvalue weighted by Gasteiger charge is -2.32. The molecule has 132 valence electrons. The number of hydrogen-bond donors (Lipinski definition) is 1. The van der Waals surface area contributed by atoms with Gasteiger partial charge >= 0.3 is 0 Å². The van der Waals surface area contributed by atoms with Gasteiger partial charge in [-0.15, -0.1) is 0 Å². The maximum atomic E-state index is 14.6. The van der Waals surface area contributed by atoms with Crippen LogP contribution in [0.3, 0.4) is 0 Å². The number of fused-ring (bicyclic) bond motifs is 1. The molecule has 0 fully saturated rings. The van der Waals surface area contributed by atoms with Gasteiger partial charge in [0.2, 0.25) is 5.78 Å². The molecule has 1 aromatic carbocycles. The molecule has 3 rings (SSSR count). The second kappa shape index (κ2) is 6.68. The number of benzene rings is 1. The zero-order valence-electron chi connectivity index (χ0n) is 14.4. The van der Waals surface area contributed by atoms with E-state index in [0.29, 0.717) is 16.7 Å². The molecule has 4 nitrogen and oxygen atoms in total. The number of hydrogen-bond acceptors (Lipinski definition) is 4. The Morgan fingerprint density at radius 2 is 2.08 bits per heavy atom. The molecule has 0 spiro atoms. The minimum Gasteiger partial charge on any atom is -0.383 e. The maximum absolute atomic E-state index is 14.6. The fourth-order valence-electron chi connectivity index (χ4n) is 3.19. The second-order valence-corrected chi connectivity index (χ2v) is 6.38. The van der Waals surface area contributed by atoms with Crippen LogP contribution in [-0.4, -0.2) is 16.6 Å². The molecule has 0 saturated carbocycles. The highest BCUT2D eigenvalue weighted by Gasteiger charge is 2.36. The molecule has 2 aromatic rings. The van der Waals surface area contributed by atoms with E-state index in [1.165, 1.54) is 18.3 Å². The van der Waals surface area contributed by atoms with Crippen LogP contribution in [0, 0.1) is 23.5 Å². The highest BCUT2D eigenvalue weighted by atomic mass is 19.1. The number of Topliss-reactive ketones (excluding diaryl/α,β-unsaturated/α-hetero) is 1. The number of pyridine rings is 1. The predicted octanol–water partition coefficient (Wildman–Crippen LogP) is 2.67. The number of carbonyl (C=O) groups is 1. The monoisotopic (exact) mass is 353 g/mol. The van der Waals surface area contributed by atoms with Crippen molar-refractivity contribution in [3.05, 3.63) is 64.5 Å². The third-order valence-corrected chi connectivity index (χ3v) is 4.41. The lowest BCUT2D eigenvalue weighted by molar-refractivity contribution is -0.113. The minimum absolute atomic E-state index is 0.0677. The number of aliphatic imine (C=N–C) groups is 1. The van der Waals surface area contributed by atoms with Crippen LogP contribution in [0.1, 0.15) is 36.1 Å². The van der Waals surface area contributed by atoms with Crippen molar-refractivity contribution in [3.63, 3.8) is 0 Å². The molecule has 1 atom stereocenters. The SMILES string of the molecule is CC#CC(=O)Cc1ccc(F)c(C2(C)Cc3c(F)cncc3C(N)=N2)c1. The molecule has 1 aliphatic heterocycles. The van der Waals surface area contributed by atoms with E-state index in [1.54, 1.807) is 19.9 Å². The first kappa shape index (κ1) is 17.7. The third-order valence-electron chi connectivity index (χ3n) is 4.41. The lowest BCUT2D eigenvalue weighted by Crippen LogP contribution is -2.35. The van der Waals surface area contributed by atoms with E-state index >= 15 is 0 Å². The van der Waals surface area contributed by atoms with Gasteiger partial charge in [-0.2, -0.15) is 0 Å². The fraction of sp³-hybridized carbons (Fsp3) is 0.250. The summed E-state index contributed by atoms with van der Waals surface area (Å²) in [5, 5.41) is 0. The van der Waals surface area contributed by atoms with Crippen LogP contribution in [-0.2, 0) is 23.2 Å². The van der Waals surface area contributed by atoms with Crippen molar-refractivity contribution >= 4 is 11.6 Å². The van der Waals surface area contributed by atoms with Crippen molar-refractivity contribution in [2.24, 2.45) is 10.7 Å². The van der Waals surface area contributed by atoms with Gasteiger partial charge in [0.25, 0.3) is 0 Å². The molecule has 0 amide bonds. The van der Waals surface area contributed by atoms with Gasteiger partial charge in [-0.1, -0.05) is 12.0 Å². The van der Waals surface area contributed by atoms with E-state index in [1.807, 2.05) is 0 Å². The summed E-state index contributed by atoms with van der Waals surface area (Å²) in [4.78, 5) is 20.0. The Balaban J connectivity index is 2.05. The van der Waals surface area contributed by atoms with Crippen LogP contribution in [0.25, 0.3) is 0 Å². The minimum atomic E-state index is -1.08. The Morgan fingerprint density at radius 3 is 2.81 bits per heavy atom. The van der Waals surface area contributed by atoms with Crippen LogP contribution in [0.5, 0.6) is 0 Å². The number of ketones is 1. The van der Waals surface area contributed by atoms with Gasteiger partial charge in [-0.3, -0.25) is 14.8 Å². The van der Waals surface area contributed by atoms with E-state index in [2.05, 4.69) is 21.8 Å². The van der Waals surface area contributed by atoms with Crippen molar-refractivity contribution in [2.45, 2.75) is 32.2 Å². The van der Waals surface area contributed by atoms with Gasteiger partial charge in [-0.05, 0) is 37.5 Å². The number of aromatic nitrogens is 1. The molecule has 1 aliphatic rings. The highest BCUT2D eigenvalue weighted by Crippen LogP contribution is 2.37. The largest absolute Gasteiger partial charge is 0.383 e. The molecule has 1 aromatic heterocycles. The molecule has 1 unspecified atom stereocenters. The number of nitrogens with two attached hydrogens (primary N) is 1. The van der Waals surface area contributed by atoms with Crippen molar-refractivity contribution in [2.75, 3.05) is 0 Å². The number of halogens is 2. The summed E-state index contributed by atoms with van der Waals surface area (Å²) in [7, 11) is 0. The standard InChI is InChI=1S/C20H17F2N3O/c1-3-4-13(26)7-12-5-6-17(21)16(8-12)20(2)9-14-15(19(23)25-20)10-24-11-18(14)22/h5-6,8,10-11H,7,9H2,1-2H3,(H2,23,25). The smallest absolute Gasteiger partial charge is 0.209 e. The topological polar surface area (TPSA) is 68.3 Å². The Bertz CT molecular complexity index is 988. The predicted molar refractivity (Wildman–Crippen MR) is 94.5 cm³/mol. The number of nitrogens with zero attached hydrogens (tertiary/aromatic N) is 2. The number of rotatable bonds is 3. The Morgan fingerprint density at radius 1 is 1.31 bits per heavy atom. The normalized spacial score (nSPS) is 18.4. The van der Waals surface area contributed by atoms with E-state index in [9.17, 15) is 13.6 Å². The summed E-state index contributed by atoms with van der Waals surface area (Å²) in [6.45, 7) is 3.27. The maximum Gasteiger partial charge on any atom is 0.209 e. The number of amidine groups is 1. The summed E-state index contributed by atoms with van der Waals surface area (Å²) in [5.74, 6) is 3.87. The van der Waals surface area contributed by atoms with Gasteiger partial charge in [0.05, 0.1) is 11.7 Å². The van der Waals surface area contributed by atoms with Crippen LogP contribution in [0.15, 0.2) is 35.6 Å². The van der Waals surface area contributed by atoms with E-state index in [4.69, 9.17) is 5.73 Å². The summed E-state index contributed by atoms with van der Waals surface area (Å²) in [6, 6.07) is 4.39. The first-order valence-electron chi connectivity index (χ1n) is 8.06. The van der Waals surface area contributed by atoms with Crippen LogP contribution in [0.2, 0.25) is 0 Å². The lowest BCUT2D eigenvalue weighted by atomic mass is 9.81. The number of carbonyl (C=O) groups excluding carboxylic acids is 1. The highest BCUT2D eigenvalue weighted by molar-refractivity contribution is 6.00. The van der Waals surface area contributed by atoms with Gasteiger partial charge in [-0.25, -0.2) is 8.78 Å². The van der Waals surface area contributed by atoms with Crippen molar-refractivity contribution < 1.29 is 13.6 Å². The fourth-order valence-corrected chi connectivity index (χ4v) is 3.19. The van der Waals surface area contributed by atoms with Crippen LogP contribution in [0.4, 0.5) is 8.78 Å². The first-order chi connectivity index (χ1) is 12.3. The summed E-state index contributed by atoms with van der Waals surface area (Å²) < 4.78 is 28.8. The van der Waals surface area contributed by atoms with Crippen LogP contribution < -0.4 is 5.73 Å². The average Bonchev–Trinajstić information content (AvgIpc) is 2.58. The van der Waals surface area contributed by atoms with Crippen molar-refractivity contribution in [1.82, 2.24) is 4.98 Å². The van der Waals surface area contributed by atoms with E-state index in [0.717, 1.165) is 6.20 Å². The molecule has 26 heavy (non-hydrogen) atoms. The van der Waals surface area contributed by atoms with Gasteiger partial charge in [0.15, 0.2) is 0 Å². The summed E-state index contributed by atoms with van der Waals surface area (Å²) in [6.07, 6.45) is 2.76. The Hall–Kier alpha value is -3.07. The molecule has 0 radical (unpaired) electrons. The Labute approximate surface area is 150 Å². The molecule has 2 N–H and O–H groups in total. The van der Waals surface area contributed by atoms with Crippen molar-refractivity contribution in [3.8, 4) is 11.8 Å². The molecule has 0 aliphatic carbocycles. The van der Waals surface area contributed by atoms with Gasteiger partial charge in [0, 0.05) is 35.7 Å². The zero-order chi connectivity index (χ0) is 18.9. The first-order valence-corrected chi connectivity index (χ1v) is 8.06. The Kier molecular flexibility index (Phi) is 4.56. The molecule has 6 heteroatoms. The second-order valence-electron chi connectivity index (χ2n) is 6.38. The molecular formula is C20H17F2N3O. The molecule has 0 saturated heterocycles. The third kappa shape index (κ3) is 3.21. The van der Waals surface area contributed by atoms with Crippen molar-refractivity contribution in [1.29, 1.82) is 0 Å².